The summed E-state index contributed by atoms with van der Waals surface area (Å²) >= 11 is 4.52. The van der Waals surface area contributed by atoms with Crippen LogP contribution in [-0.4, -0.2) is 9.97 Å². The molecule has 0 radical (unpaired) electrons. The van der Waals surface area contributed by atoms with Gasteiger partial charge in [-0.25, -0.2) is 8.78 Å². The number of hydrogen-bond acceptors (Lipinski definition) is 2. The van der Waals surface area contributed by atoms with Crippen LogP contribution in [0.15, 0.2) is 4.79 Å². The van der Waals surface area contributed by atoms with Crippen molar-refractivity contribution in [2.24, 2.45) is 0 Å². The monoisotopic (exact) mass is 192 g/mol. The molecule has 66 valence electrons. The maximum Gasteiger partial charge on any atom is 0.278 e. The molecule has 0 aliphatic carbocycles. The molecule has 0 amide bonds. The Morgan fingerprint density at radius 3 is 2.50 bits per heavy atom. The van der Waals surface area contributed by atoms with Crippen LogP contribution in [0.5, 0.6) is 0 Å². The highest BCUT2D eigenvalue weighted by Crippen LogP contribution is 2.16. The molecule has 0 saturated carbocycles. The van der Waals surface area contributed by atoms with Crippen molar-refractivity contribution >= 4 is 12.2 Å². The summed E-state index contributed by atoms with van der Waals surface area (Å²) in [7, 11) is 0. The van der Waals surface area contributed by atoms with E-state index in [1.54, 1.807) is 0 Å². The molecule has 0 atom stereocenters. The molecule has 0 aliphatic rings. The minimum Gasteiger partial charge on any atom is -0.331 e. The predicted octanol–water partition coefficient (Wildman–Crippen LogP) is 1.68. The van der Waals surface area contributed by atoms with Gasteiger partial charge in [0.2, 0.25) is 0 Å². The van der Waals surface area contributed by atoms with Gasteiger partial charge in [-0.1, -0.05) is 0 Å². The molecule has 0 unspecified atom stereocenters. The third kappa shape index (κ3) is 1.58. The molecule has 12 heavy (non-hydrogen) atoms. The van der Waals surface area contributed by atoms with Gasteiger partial charge in [-0.15, -0.1) is 0 Å². The van der Waals surface area contributed by atoms with Gasteiger partial charge < -0.3 is 4.98 Å². The molecular weight excluding hydrogens is 186 g/mol. The zero-order valence-corrected chi connectivity index (χ0v) is 6.97. The van der Waals surface area contributed by atoms with Crippen molar-refractivity contribution in [1.82, 2.24) is 9.97 Å². The first-order valence-corrected chi connectivity index (χ1v) is 3.54. The molecule has 2 N–H and O–H groups in total. The first-order valence-electron chi connectivity index (χ1n) is 3.13. The average molecular weight is 192 g/mol. The number of alkyl halides is 2. The van der Waals surface area contributed by atoms with E-state index in [4.69, 9.17) is 0 Å². The molecule has 0 aliphatic heterocycles. The van der Waals surface area contributed by atoms with Gasteiger partial charge in [-0.2, -0.15) is 0 Å². The van der Waals surface area contributed by atoms with E-state index in [1.165, 1.54) is 6.92 Å². The summed E-state index contributed by atoms with van der Waals surface area (Å²) in [6.45, 7) is 1.31. The molecule has 3 nitrogen and oxygen atoms in total. The quantitative estimate of drug-likeness (QED) is 0.665. The van der Waals surface area contributed by atoms with Crippen LogP contribution in [0.1, 0.15) is 17.7 Å². The highest BCUT2D eigenvalue weighted by molar-refractivity contribution is 7.71. The second-order valence-electron chi connectivity index (χ2n) is 2.25. The lowest BCUT2D eigenvalue weighted by atomic mass is 10.2. The summed E-state index contributed by atoms with van der Waals surface area (Å²) in [5.41, 5.74) is -1.02. The van der Waals surface area contributed by atoms with Crippen molar-refractivity contribution in [3.05, 3.63) is 26.4 Å². The van der Waals surface area contributed by atoms with Crippen LogP contribution in [0.25, 0.3) is 0 Å². The van der Waals surface area contributed by atoms with Gasteiger partial charge in [0.05, 0.1) is 5.69 Å². The summed E-state index contributed by atoms with van der Waals surface area (Å²) in [6.07, 6.45) is -2.70. The summed E-state index contributed by atoms with van der Waals surface area (Å²) < 4.78 is 24.2. The van der Waals surface area contributed by atoms with Gasteiger partial charge in [0.1, 0.15) is 0 Å². The molecule has 0 aromatic carbocycles. The SMILES string of the molecule is Cc1c(C(F)F)[nH]c(=S)[nH]c1=O. The van der Waals surface area contributed by atoms with Crippen LogP contribution in [0, 0.1) is 11.7 Å². The summed E-state index contributed by atoms with van der Waals surface area (Å²) in [4.78, 5) is 15.3. The number of H-pyrrole nitrogens is 2. The van der Waals surface area contributed by atoms with E-state index in [-0.39, 0.29) is 10.3 Å². The van der Waals surface area contributed by atoms with Crippen molar-refractivity contribution in [1.29, 1.82) is 0 Å². The van der Waals surface area contributed by atoms with Crippen LogP contribution in [-0.2, 0) is 0 Å². The molecular formula is C6H6F2N2OS. The van der Waals surface area contributed by atoms with Gasteiger partial charge >= 0.3 is 0 Å². The third-order valence-electron chi connectivity index (χ3n) is 1.44. The van der Waals surface area contributed by atoms with Crippen molar-refractivity contribution in [2.75, 3.05) is 0 Å². The van der Waals surface area contributed by atoms with Gasteiger partial charge in [0.15, 0.2) is 4.77 Å². The molecule has 0 saturated heterocycles. The Bertz CT molecular complexity index is 395. The molecule has 6 heteroatoms. The predicted molar refractivity (Wildman–Crippen MR) is 41.9 cm³/mol. The van der Waals surface area contributed by atoms with Gasteiger partial charge in [0, 0.05) is 5.56 Å². The Balaban J connectivity index is 3.49. The second kappa shape index (κ2) is 3.14. The highest BCUT2D eigenvalue weighted by Gasteiger charge is 2.12. The number of aromatic amines is 2. The van der Waals surface area contributed by atoms with Crippen LogP contribution in [0.2, 0.25) is 0 Å². The fourth-order valence-corrected chi connectivity index (χ4v) is 0.987. The lowest BCUT2D eigenvalue weighted by molar-refractivity contribution is 0.144. The smallest absolute Gasteiger partial charge is 0.278 e. The Labute approximate surface area is 71.5 Å². The third-order valence-corrected chi connectivity index (χ3v) is 1.64. The summed E-state index contributed by atoms with van der Waals surface area (Å²) in [5.74, 6) is 0. The summed E-state index contributed by atoms with van der Waals surface area (Å²) in [6, 6.07) is 0. The fourth-order valence-electron chi connectivity index (χ4n) is 0.785. The van der Waals surface area contributed by atoms with Gasteiger partial charge in [-0.3, -0.25) is 9.78 Å². The topological polar surface area (TPSA) is 48.6 Å². The average Bonchev–Trinajstić information content (AvgIpc) is 1.96. The van der Waals surface area contributed by atoms with E-state index in [0.717, 1.165) is 0 Å². The van der Waals surface area contributed by atoms with E-state index < -0.39 is 17.7 Å². The standard InChI is InChI=1S/C6H6F2N2OS/c1-2-3(4(7)8)9-6(12)10-5(2)11/h4H,1H3,(H2,9,10,11,12). The van der Waals surface area contributed by atoms with E-state index in [2.05, 4.69) is 22.2 Å². The maximum atomic E-state index is 12.2. The first-order chi connectivity index (χ1) is 5.52. The number of nitrogens with one attached hydrogen (secondary N) is 2. The number of halogens is 2. The Kier molecular flexibility index (Phi) is 2.37. The number of hydrogen-bond donors (Lipinski definition) is 2. The molecule has 0 fully saturated rings. The Morgan fingerprint density at radius 2 is 2.00 bits per heavy atom. The zero-order valence-electron chi connectivity index (χ0n) is 6.15. The largest absolute Gasteiger partial charge is 0.331 e. The normalized spacial score (nSPS) is 10.7. The van der Waals surface area contributed by atoms with Crippen molar-refractivity contribution < 1.29 is 8.78 Å². The Hall–Kier alpha value is -1.04. The van der Waals surface area contributed by atoms with Crippen LogP contribution < -0.4 is 5.56 Å². The second-order valence-corrected chi connectivity index (χ2v) is 2.66. The summed E-state index contributed by atoms with van der Waals surface area (Å²) in [5, 5.41) is 0. The zero-order chi connectivity index (χ0) is 9.30. The van der Waals surface area contributed by atoms with E-state index in [0.29, 0.717) is 0 Å². The first kappa shape index (κ1) is 9.05. The molecule has 0 spiro atoms. The minimum absolute atomic E-state index is 0.0291. The van der Waals surface area contributed by atoms with Gasteiger partial charge in [-0.05, 0) is 19.1 Å². The van der Waals surface area contributed by atoms with Crippen LogP contribution in [0.3, 0.4) is 0 Å². The lowest BCUT2D eigenvalue weighted by Crippen LogP contribution is -2.14. The molecule has 1 heterocycles. The van der Waals surface area contributed by atoms with E-state index >= 15 is 0 Å². The maximum absolute atomic E-state index is 12.2. The van der Waals surface area contributed by atoms with E-state index in [9.17, 15) is 13.6 Å². The molecule has 0 bridgehead atoms. The van der Waals surface area contributed by atoms with Crippen molar-refractivity contribution in [3.63, 3.8) is 0 Å². The lowest BCUT2D eigenvalue weighted by Gasteiger charge is -2.01. The van der Waals surface area contributed by atoms with Gasteiger partial charge in [0.25, 0.3) is 12.0 Å². The molecule has 1 rings (SSSR count). The Morgan fingerprint density at radius 1 is 1.42 bits per heavy atom. The van der Waals surface area contributed by atoms with Crippen LogP contribution in [0.4, 0.5) is 8.78 Å². The van der Waals surface area contributed by atoms with E-state index in [1.807, 2.05) is 0 Å². The van der Waals surface area contributed by atoms with Crippen molar-refractivity contribution in [3.8, 4) is 0 Å². The van der Waals surface area contributed by atoms with Crippen molar-refractivity contribution in [2.45, 2.75) is 13.3 Å². The highest BCUT2D eigenvalue weighted by atomic mass is 32.1. The molecule has 1 aromatic rings. The molecule has 1 aromatic heterocycles. The number of aromatic nitrogens is 2. The number of rotatable bonds is 1. The van der Waals surface area contributed by atoms with Crippen LogP contribution >= 0.6 is 12.2 Å². The fraction of sp³-hybridized carbons (Fsp3) is 0.333. The minimum atomic E-state index is -2.70.